The predicted molar refractivity (Wildman–Crippen MR) is 112 cm³/mol. The molecule has 1 unspecified atom stereocenters. The van der Waals surface area contributed by atoms with Gasteiger partial charge >= 0.3 is 0 Å². The fourth-order valence-corrected chi connectivity index (χ4v) is 3.67. The Morgan fingerprint density at radius 3 is 2.41 bits per heavy atom. The molecule has 0 fully saturated rings. The standard InChI is InChI=1S/C22H28N2O2S/c1-16-8-10-20(11-9-16)27-13-12-21(25)24(18(3)22(26)23-4)15-19-7-5-6-17(2)14-19/h5-11,14,18H,12-13,15H2,1-4H3,(H,23,26). The van der Waals surface area contributed by atoms with Gasteiger partial charge in [-0.25, -0.2) is 0 Å². The number of carbonyl (C=O) groups is 2. The minimum absolute atomic E-state index is 0.00721. The molecule has 2 aromatic rings. The van der Waals surface area contributed by atoms with Crippen LogP contribution in [0.25, 0.3) is 0 Å². The van der Waals surface area contributed by atoms with E-state index in [0.29, 0.717) is 18.7 Å². The molecule has 0 aromatic heterocycles. The molecule has 2 aromatic carbocycles. The molecule has 0 bridgehead atoms. The Kier molecular flexibility index (Phi) is 7.92. The van der Waals surface area contributed by atoms with Gasteiger partial charge in [-0.3, -0.25) is 9.59 Å². The molecule has 1 N–H and O–H groups in total. The van der Waals surface area contributed by atoms with E-state index in [4.69, 9.17) is 0 Å². The second-order valence-electron chi connectivity index (χ2n) is 6.71. The van der Waals surface area contributed by atoms with E-state index in [-0.39, 0.29) is 11.8 Å². The molecule has 0 aliphatic heterocycles. The van der Waals surface area contributed by atoms with Gasteiger partial charge in [-0.1, -0.05) is 47.5 Å². The zero-order chi connectivity index (χ0) is 19.8. The smallest absolute Gasteiger partial charge is 0.242 e. The number of aryl methyl sites for hydroxylation is 2. The molecule has 1 atom stereocenters. The molecule has 144 valence electrons. The Bertz CT molecular complexity index is 774. The van der Waals surface area contributed by atoms with Crippen LogP contribution in [0.1, 0.15) is 30.0 Å². The Morgan fingerprint density at radius 1 is 1.07 bits per heavy atom. The van der Waals surface area contributed by atoms with Crippen molar-refractivity contribution >= 4 is 23.6 Å². The SMILES string of the molecule is CNC(=O)C(C)N(Cc1cccc(C)c1)C(=O)CCSc1ccc(C)cc1. The first-order valence-corrected chi connectivity index (χ1v) is 10.2. The van der Waals surface area contributed by atoms with Crippen molar-refractivity contribution in [2.24, 2.45) is 0 Å². The van der Waals surface area contributed by atoms with Crippen LogP contribution in [0, 0.1) is 13.8 Å². The van der Waals surface area contributed by atoms with E-state index in [0.717, 1.165) is 16.0 Å². The molecule has 0 aliphatic rings. The molecular weight excluding hydrogens is 356 g/mol. The van der Waals surface area contributed by atoms with Gasteiger partial charge in [0.2, 0.25) is 11.8 Å². The summed E-state index contributed by atoms with van der Waals surface area (Å²) in [5.41, 5.74) is 3.40. The Balaban J connectivity index is 2.03. The normalized spacial score (nSPS) is 11.7. The molecule has 27 heavy (non-hydrogen) atoms. The number of amides is 2. The van der Waals surface area contributed by atoms with Crippen molar-refractivity contribution in [3.8, 4) is 0 Å². The lowest BCUT2D eigenvalue weighted by molar-refractivity contribution is -0.140. The molecule has 0 radical (unpaired) electrons. The van der Waals surface area contributed by atoms with Gasteiger partial charge in [-0.2, -0.15) is 0 Å². The number of benzene rings is 2. The molecule has 2 amide bonds. The van der Waals surface area contributed by atoms with Gasteiger partial charge in [-0.05, 0) is 38.5 Å². The summed E-state index contributed by atoms with van der Waals surface area (Å²) in [6.07, 6.45) is 0.395. The van der Waals surface area contributed by atoms with Crippen LogP contribution in [-0.2, 0) is 16.1 Å². The highest BCUT2D eigenvalue weighted by molar-refractivity contribution is 7.99. The quantitative estimate of drug-likeness (QED) is 0.701. The fourth-order valence-electron chi connectivity index (χ4n) is 2.83. The zero-order valence-corrected chi connectivity index (χ0v) is 17.3. The number of likely N-dealkylation sites (N-methyl/N-ethyl adjacent to an activating group) is 1. The van der Waals surface area contributed by atoms with E-state index in [2.05, 4.69) is 42.6 Å². The number of nitrogens with zero attached hydrogens (tertiary/aromatic N) is 1. The van der Waals surface area contributed by atoms with Gasteiger partial charge in [-0.15, -0.1) is 11.8 Å². The van der Waals surface area contributed by atoms with Crippen LogP contribution in [-0.4, -0.2) is 35.6 Å². The second kappa shape index (κ2) is 10.2. The summed E-state index contributed by atoms with van der Waals surface area (Å²) in [5, 5.41) is 2.65. The van der Waals surface area contributed by atoms with E-state index in [1.54, 1.807) is 30.6 Å². The van der Waals surface area contributed by atoms with Crippen molar-refractivity contribution < 1.29 is 9.59 Å². The number of hydrogen-bond donors (Lipinski definition) is 1. The first-order chi connectivity index (χ1) is 12.9. The minimum atomic E-state index is -0.507. The summed E-state index contributed by atoms with van der Waals surface area (Å²) < 4.78 is 0. The minimum Gasteiger partial charge on any atom is -0.357 e. The van der Waals surface area contributed by atoms with Gasteiger partial charge in [0.25, 0.3) is 0 Å². The molecule has 2 rings (SSSR count). The van der Waals surface area contributed by atoms with Gasteiger partial charge in [0.15, 0.2) is 0 Å². The summed E-state index contributed by atoms with van der Waals surface area (Å²) in [6, 6.07) is 15.8. The number of rotatable bonds is 8. The first-order valence-electron chi connectivity index (χ1n) is 9.16. The summed E-state index contributed by atoms with van der Waals surface area (Å²) in [4.78, 5) is 27.8. The monoisotopic (exact) mass is 384 g/mol. The number of hydrogen-bond acceptors (Lipinski definition) is 3. The maximum atomic E-state index is 12.9. The number of thioether (sulfide) groups is 1. The van der Waals surface area contributed by atoms with E-state index < -0.39 is 6.04 Å². The van der Waals surface area contributed by atoms with Gasteiger partial charge in [0.1, 0.15) is 6.04 Å². The molecule has 0 aliphatic carbocycles. The topological polar surface area (TPSA) is 49.4 Å². The van der Waals surface area contributed by atoms with Crippen LogP contribution in [0.5, 0.6) is 0 Å². The maximum Gasteiger partial charge on any atom is 0.242 e. The van der Waals surface area contributed by atoms with Crippen molar-refractivity contribution in [3.63, 3.8) is 0 Å². The first kappa shape index (κ1) is 21.0. The molecular formula is C22H28N2O2S. The number of nitrogens with one attached hydrogen (secondary N) is 1. The van der Waals surface area contributed by atoms with Crippen molar-refractivity contribution in [2.75, 3.05) is 12.8 Å². The second-order valence-corrected chi connectivity index (χ2v) is 7.88. The highest BCUT2D eigenvalue weighted by Crippen LogP contribution is 2.20. The van der Waals surface area contributed by atoms with Crippen LogP contribution < -0.4 is 5.32 Å². The highest BCUT2D eigenvalue weighted by Gasteiger charge is 2.25. The van der Waals surface area contributed by atoms with Gasteiger partial charge < -0.3 is 10.2 Å². The zero-order valence-electron chi connectivity index (χ0n) is 16.5. The Morgan fingerprint density at radius 2 is 1.78 bits per heavy atom. The molecule has 4 nitrogen and oxygen atoms in total. The van der Waals surface area contributed by atoms with Gasteiger partial charge in [0.05, 0.1) is 0 Å². The predicted octanol–water partition coefficient (Wildman–Crippen LogP) is 3.95. The van der Waals surface area contributed by atoms with E-state index in [9.17, 15) is 9.59 Å². The Labute approximate surface area is 166 Å². The third kappa shape index (κ3) is 6.43. The average molecular weight is 385 g/mol. The van der Waals surface area contributed by atoms with E-state index in [1.165, 1.54) is 5.56 Å². The number of carbonyl (C=O) groups excluding carboxylic acids is 2. The molecule has 0 heterocycles. The van der Waals surface area contributed by atoms with Crippen LogP contribution in [0.2, 0.25) is 0 Å². The third-order valence-corrected chi connectivity index (χ3v) is 5.47. The summed E-state index contributed by atoms with van der Waals surface area (Å²) in [6.45, 7) is 6.29. The summed E-state index contributed by atoms with van der Waals surface area (Å²) >= 11 is 1.66. The van der Waals surface area contributed by atoms with Crippen molar-refractivity contribution in [2.45, 2.75) is 44.7 Å². The summed E-state index contributed by atoms with van der Waals surface area (Å²) in [5.74, 6) is 0.529. The lowest BCUT2D eigenvalue weighted by Crippen LogP contribution is -2.46. The van der Waals surface area contributed by atoms with Crippen molar-refractivity contribution in [1.29, 1.82) is 0 Å². The summed E-state index contributed by atoms with van der Waals surface area (Å²) in [7, 11) is 1.60. The van der Waals surface area contributed by atoms with Crippen LogP contribution in [0.15, 0.2) is 53.4 Å². The fraction of sp³-hybridized carbons (Fsp3) is 0.364. The van der Waals surface area contributed by atoms with Crippen LogP contribution >= 0.6 is 11.8 Å². The largest absolute Gasteiger partial charge is 0.357 e. The van der Waals surface area contributed by atoms with Crippen molar-refractivity contribution in [3.05, 3.63) is 65.2 Å². The molecule has 0 spiro atoms. The Hall–Kier alpha value is -2.27. The van der Waals surface area contributed by atoms with Crippen LogP contribution in [0.3, 0.4) is 0 Å². The van der Waals surface area contributed by atoms with Crippen molar-refractivity contribution in [1.82, 2.24) is 10.2 Å². The van der Waals surface area contributed by atoms with Crippen LogP contribution in [0.4, 0.5) is 0 Å². The van der Waals surface area contributed by atoms with E-state index >= 15 is 0 Å². The third-order valence-electron chi connectivity index (χ3n) is 4.45. The highest BCUT2D eigenvalue weighted by atomic mass is 32.2. The lowest BCUT2D eigenvalue weighted by Gasteiger charge is -2.28. The maximum absolute atomic E-state index is 12.9. The van der Waals surface area contributed by atoms with Gasteiger partial charge in [0, 0.05) is 30.7 Å². The molecule has 5 heteroatoms. The molecule has 0 saturated heterocycles. The lowest BCUT2D eigenvalue weighted by atomic mass is 10.1. The molecule has 0 saturated carbocycles. The average Bonchev–Trinajstić information content (AvgIpc) is 2.66. The van der Waals surface area contributed by atoms with E-state index in [1.807, 2.05) is 25.1 Å².